The second kappa shape index (κ2) is 12.7. The number of carbonyl (C=O) groups excluding carboxylic acids is 1. The number of nitrogens with zero attached hydrogens (tertiary/aromatic N) is 1. The largest absolute Gasteiger partial charge is 0.391 e. The Morgan fingerprint density at radius 2 is 1.67 bits per heavy atom. The highest BCUT2D eigenvalue weighted by atomic mass is 35.5. The summed E-state index contributed by atoms with van der Waals surface area (Å²) in [6, 6.07) is 4.56. The summed E-state index contributed by atoms with van der Waals surface area (Å²) in [7, 11) is 0. The zero-order valence-corrected chi connectivity index (χ0v) is 16.7. The van der Waals surface area contributed by atoms with Crippen LogP contribution in [0.5, 0.6) is 0 Å². The minimum atomic E-state index is -0.392. The van der Waals surface area contributed by atoms with E-state index in [-0.39, 0.29) is 12.5 Å². The molecule has 0 saturated carbocycles. The van der Waals surface area contributed by atoms with Gasteiger partial charge in [0.05, 0.1) is 10.7 Å². The van der Waals surface area contributed by atoms with Gasteiger partial charge >= 0.3 is 0 Å². The Hall–Kier alpha value is -1.62. The highest BCUT2D eigenvalue weighted by molar-refractivity contribution is 6.31. The first-order chi connectivity index (χ1) is 13.2. The summed E-state index contributed by atoms with van der Waals surface area (Å²) >= 11 is 6.01. The first-order valence-corrected chi connectivity index (χ1v) is 10.4. The molecule has 0 aliphatic carbocycles. The number of hydrogen-bond acceptors (Lipinski definition) is 3. The van der Waals surface area contributed by atoms with Crippen LogP contribution in [0.2, 0.25) is 5.02 Å². The molecule has 6 heteroatoms. The van der Waals surface area contributed by atoms with Crippen molar-refractivity contribution in [2.45, 2.75) is 77.2 Å². The fraction of sp³-hybridized carbons (Fsp3) is 0.619. The lowest BCUT2D eigenvalue weighted by molar-refractivity contribution is -0.121. The van der Waals surface area contributed by atoms with Crippen LogP contribution < -0.4 is 5.32 Å². The summed E-state index contributed by atoms with van der Waals surface area (Å²) in [4.78, 5) is 17.3. The average Bonchev–Trinajstić information content (AvgIpc) is 2.65. The van der Waals surface area contributed by atoms with E-state index in [0.29, 0.717) is 30.0 Å². The molecule has 27 heavy (non-hydrogen) atoms. The third kappa shape index (κ3) is 8.74. The number of rotatable bonds is 3. The van der Waals surface area contributed by atoms with Gasteiger partial charge in [-0.3, -0.25) is 4.79 Å². The van der Waals surface area contributed by atoms with Gasteiger partial charge in [0.15, 0.2) is 0 Å². The van der Waals surface area contributed by atoms with Crippen molar-refractivity contribution in [3.8, 4) is 0 Å². The summed E-state index contributed by atoms with van der Waals surface area (Å²) in [6.45, 7) is 0.558. The maximum atomic E-state index is 13.8. The lowest BCUT2D eigenvalue weighted by atomic mass is 10.0. The summed E-state index contributed by atoms with van der Waals surface area (Å²) < 4.78 is 13.8. The summed E-state index contributed by atoms with van der Waals surface area (Å²) in [5, 5.41) is 7.50. The average molecular weight is 397 g/mol. The molecule has 0 spiro atoms. The van der Waals surface area contributed by atoms with Crippen LogP contribution >= 0.6 is 11.6 Å². The van der Waals surface area contributed by atoms with Gasteiger partial charge in [-0.2, -0.15) is 0 Å². The topological polar surface area (TPSA) is 50.7 Å². The molecule has 1 heterocycles. The van der Waals surface area contributed by atoms with Crippen molar-refractivity contribution >= 4 is 23.2 Å². The molecule has 0 unspecified atom stereocenters. The molecule has 1 aliphatic rings. The molecule has 0 aromatic heterocycles. The Morgan fingerprint density at radius 1 is 1.00 bits per heavy atom. The minimum absolute atomic E-state index is 0.00135. The highest BCUT2D eigenvalue weighted by Crippen LogP contribution is 2.20. The molecular weight excluding hydrogens is 367 g/mol. The number of hydrogen-bond donors (Lipinski definition) is 1. The third-order valence-electron chi connectivity index (χ3n) is 4.82. The van der Waals surface area contributed by atoms with E-state index in [0.717, 1.165) is 31.4 Å². The Morgan fingerprint density at radius 3 is 2.37 bits per heavy atom. The molecule has 1 aromatic carbocycles. The maximum Gasteiger partial charge on any atom is 0.220 e. The molecule has 0 atom stereocenters. The second-order valence-corrected chi connectivity index (χ2v) is 7.47. The number of amides is 1. The van der Waals surface area contributed by atoms with Gasteiger partial charge in [-0.15, -0.1) is 0 Å². The number of benzene rings is 1. The van der Waals surface area contributed by atoms with Gasteiger partial charge in [-0.25, -0.2) is 4.39 Å². The van der Waals surface area contributed by atoms with Crippen LogP contribution in [-0.2, 0) is 16.2 Å². The monoisotopic (exact) mass is 396 g/mol. The van der Waals surface area contributed by atoms with Crippen molar-refractivity contribution in [2.75, 3.05) is 6.54 Å². The fourth-order valence-electron chi connectivity index (χ4n) is 3.18. The van der Waals surface area contributed by atoms with Crippen LogP contribution in [0.1, 0.15) is 76.2 Å². The smallest absolute Gasteiger partial charge is 0.220 e. The maximum absolute atomic E-state index is 13.8. The molecule has 1 fully saturated rings. The number of nitrogens with one attached hydrogen (secondary N) is 1. The van der Waals surface area contributed by atoms with Crippen molar-refractivity contribution in [1.82, 2.24) is 5.32 Å². The molecule has 1 aliphatic heterocycles. The summed E-state index contributed by atoms with van der Waals surface area (Å²) in [5.74, 6) is -0.291. The van der Waals surface area contributed by atoms with Crippen LogP contribution in [0.15, 0.2) is 23.4 Å². The van der Waals surface area contributed by atoms with Crippen LogP contribution in [-0.4, -0.2) is 18.2 Å². The van der Waals surface area contributed by atoms with E-state index in [2.05, 4.69) is 10.5 Å². The molecule has 2 rings (SSSR count). The van der Waals surface area contributed by atoms with Gasteiger partial charge in [0, 0.05) is 24.9 Å². The van der Waals surface area contributed by atoms with E-state index in [1.807, 2.05) is 0 Å². The van der Waals surface area contributed by atoms with Gasteiger partial charge in [-0.1, -0.05) is 61.3 Å². The number of oxime groups is 1. The molecule has 0 bridgehead atoms. The Bertz CT molecular complexity index is 602. The van der Waals surface area contributed by atoms with Crippen molar-refractivity contribution in [2.24, 2.45) is 5.16 Å². The molecule has 1 aromatic rings. The summed E-state index contributed by atoms with van der Waals surface area (Å²) in [6.07, 6.45) is 11.3. The highest BCUT2D eigenvalue weighted by Gasteiger charge is 2.09. The fourth-order valence-corrected chi connectivity index (χ4v) is 3.40. The molecule has 1 amide bonds. The van der Waals surface area contributed by atoms with E-state index >= 15 is 0 Å². The second-order valence-electron chi connectivity index (χ2n) is 7.06. The number of halogens is 2. The van der Waals surface area contributed by atoms with Gasteiger partial charge < -0.3 is 10.2 Å². The van der Waals surface area contributed by atoms with Gasteiger partial charge in [-0.05, 0) is 31.4 Å². The molecule has 1 N–H and O–H groups in total. The van der Waals surface area contributed by atoms with E-state index in [4.69, 9.17) is 16.4 Å². The first-order valence-electron chi connectivity index (χ1n) is 10.0. The zero-order valence-electron chi connectivity index (χ0n) is 15.9. The molecule has 1 saturated heterocycles. The quantitative estimate of drug-likeness (QED) is 0.659. The van der Waals surface area contributed by atoms with Crippen molar-refractivity contribution in [3.05, 3.63) is 34.6 Å². The van der Waals surface area contributed by atoms with E-state index < -0.39 is 5.82 Å². The zero-order chi connectivity index (χ0) is 19.3. The number of carbonyl (C=O) groups is 1. The van der Waals surface area contributed by atoms with E-state index in [9.17, 15) is 9.18 Å². The Labute approximate surface area is 166 Å². The van der Waals surface area contributed by atoms with Crippen LogP contribution in [0.4, 0.5) is 4.39 Å². The summed E-state index contributed by atoms with van der Waals surface area (Å²) in [5.41, 5.74) is 1.21. The van der Waals surface area contributed by atoms with Crippen molar-refractivity contribution in [3.63, 3.8) is 0 Å². The Balaban J connectivity index is 1.89. The van der Waals surface area contributed by atoms with Crippen molar-refractivity contribution < 1.29 is 14.0 Å². The first kappa shape index (κ1) is 21.7. The molecular formula is C21H30ClFN2O2. The Kier molecular flexibility index (Phi) is 10.2. The van der Waals surface area contributed by atoms with Crippen LogP contribution in [0.3, 0.4) is 0 Å². The van der Waals surface area contributed by atoms with Gasteiger partial charge in [0.2, 0.25) is 5.91 Å². The van der Waals surface area contributed by atoms with Gasteiger partial charge in [0.1, 0.15) is 12.4 Å². The van der Waals surface area contributed by atoms with Gasteiger partial charge in [0.25, 0.3) is 0 Å². The standard InChI is InChI=1S/C21H30ClFN2O2/c22-19-11-9-12-20(23)18(19)16-27-25-17-10-7-5-3-1-2-4-6-8-13-21(26)24-15-14-17/h9,11-12H,1-8,10,13-16H2,(H,24,26)/b25-17+. The lowest BCUT2D eigenvalue weighted by Crippen LogP contribution is -2.25. The molecule has 0 radical (unpaired) electrons. The SMILES string of the molecule is O=C1CCCCCCCCCC/C(=N\OCc2c(F)cccc2Cl)CCN1. The lowest BCUT2D eigenvalue weighted by Gasteiger charge is -2.09. The van der Waals surface area contributed by atoms with Crippen molar-refractivity contribution in [1.29, 1.82) is 0 Å². The van der Waals surface area contributed by atoms with E-state index in [1.54, 1.807) is 12.1 Å². The normalized spacial score (nSPS) is 19.8. The minimum Gasteiger partial charge on any atom is -0.391 e. The van der Waals surface area contributed by atoms with Crippen LogP contribution in [0, 0.1) is 5.82 Å². The third-order valence-corrected chi connectivity index (χ3v) is 5.17. The molecule has 4 nitrogen and oxygen atoms in total. The molecule has 150 valence electrons. The van der Waals surface area contributed by atoms with Crippen LogP contribution in [0.25, 0.3) is 0 Å². The predicted molar refractivity (Wildman–Crippen MR) is 107 cm³/mol. The predicted octanol–water partition coefficient (Wildman–Crippen LogP) is 5.77. The van der Waals surface area contributed by atoms with E-state index in [1.165, 1.54) is 38.2 Å².